The lowest BCUT2D eigenvalue weighted by Gasteiger charge is -2.24. The Hall–Kier alpha value is -0.923. The molecule has 0 unspecified atom stereocenters. The van der Waals surface area contributed by atoms with E-state index >= 15 is 0 Å². The number of hydrogen-bond acceptors (Lipinski definition) is 5. The Labute approximate surface area is 110 Å². The van der Waals surface area contributed by atoms with E-state index in [-0.39, 0.29) is 6.15 Å². The Kier molecular flexibility index (Phi) is 8.60. The fourth-order valence-electron chi connectivity index (χ4n) is 1.65. The van der Waals surface area contributed by atoms with Gasteiger partial charge < -0.3 is 24.7 Å². The molecular weight excluding hydrogens is 248 g/mol. The maximum atomic E-state index is 5.36. The van der Waals surface area contributed by atoms with Crippen LogP contribution >= 0.6 is 0 Å². The van der Waals surface area contributed by atoms with Gasteiger partial charge in [0.05, 0.1) is 0 Å². The van der Waals surface area contributed by atoms with Crippen LogP contribution in [-0.4, -0.2) is 36.7 Å². The minimum Gasteiger partial charge on any atom is -0.385 e. The molecular formula is C12H24N2O3Si. The number of anilines is 1. The highest BCUT2D eigenvalue weighted by Gasteiger charge is 2.36. The van der Waals surface area contributed by atoms with E-state index < -0.39 is 8.80 Å². The first-order valence-electron chi connectivity index (χ1n) is 5.70. The van der Waals surface area contributed by atoms with Crippen molar-refractivity contribution in [3.8, 4) is 0 Å². The maximum Gasteiger partial charge on any atom is 0.500 e. The Balaban J connectivity index is 0.00000289. The fourth-order valence-corrected chi connectivity index (χ4v) is 3.37. The number of nitrogens with one attached hydrogen (secondary N) is 1. The molecule has 104 valence electrons. The van der Waals surface area contributed by atoms with Crippen molar-refractivity contribution in [1.82, 2.24) is 6.15 Å². The molecule has 0 bridgehead atoms. The van der Waals surface area contributed by atoms with Crippen LogP contribution in [0.5, 0.6) is 0 Å². The van der Waals surface area contributed by atoms with E-state index in [0.717, 1.165) is 24.7 Å². The number of rotatable bonds is 8. The summed E-state index contributed by atoms with van der Waals surface area (Å²) in [5.41, 5.74) is 1.13. The SMILES string of the molecule is CO[Si](CCCNc1ccccc1)(OC)OC.N. The summed E-state index contributed by atoms with van der Waals surface area (Å²) in [6.45, 7) is 0.884. The van der Waals surface area contributed by atoms with Gasteiger partial charge in [-0.2, -0.15) is 0 Å². The van der Waals surface area contributed by atoms with Crippen molar-refractivity contribution in [2.24, 2.45) is 0 Å². The molecule has 0 saturated carbocycles. The molecule has 18 heavy (non-hydrogen) atoms. The predicted molar refractivity (Wildman–Crippen MR) is 76.2 cm³/mol. The third-order valence-electron chi connectivity index (χ3n) is 2.70. The van der Waals surface area contributed by atoms with Crippen molar-refractivity contribution in [2.75, 3.05) is 33.2 Å². The van der Waals surface area contributed by atoms with Crippen molar-refractivity contribution >= 4 is 14.5 Å². The molecule has 0 aliphatic rings. The first-order valence-corrected chi connectivity index (χ1v) is 7.64. The maximum absolute atomic E-state index is 5.36. The zero-order chi connectivity index (χ0) is 12.6. The molecule has 0 aliphatic carbocycles. The fraction of sp³-hybridized carbons (Fsp3) is 0.500. The monoisotopic (exact) mass is 272 g/mol. The highest BCUT2D eigenvalue weighted by molar-refractivity contribution is 6.60. The molecule has 0 aromatic heterocycles. The summed E-state index contributed by atoms with van der Waals surface area (Å²) in [5, 5.41) is 3.35. The molecule has 0 aliphatic heterocycles. The summed E-state index contributed by atoms with van der Waals surface area (Å²) >= 11 is 0. The average Bonchev–Trinajstić information content (AvgIpc) is 2.41. The van der Waals surface area contributed by atoms with Crippen molar-refractivity contribution < 1.29 is 13.3 Å². The van der Waals surface area contributed by atoms with Gasteiger partial charge in [0.2, 0.25) is 0 Å². The second kappa shape index (κ2) is 9.07. The molecule has 1 rings (SSSR count). The third-order valence-corrected chi connectivity index (χ3v) is 5.53. The normalized spacial score (nSPS) is 10.8. The van der Waals surface area contributed by atoms with Gasteiger partial charge in [0.25, 0.3) is 0 Å². The summed E-state index contributed by atoms with van der Waals surface area (Å²) in [5.74, 6) is 0. The van der Waals surface area contributed by atoms with Crippen molar-refractivity contribution in [1.29, 1.82) is 0 Å². The van der Waals surface area contributed by atoms with Gasteiger partial charge in [0.15, 0.2) is 0 Å². The molecule has 0 spiro atoms. The molecule has 0 amide bonds. The van der Waals surface area contributed by atoms with Crippen LogP contribution < -0.4 is 11.5 Å². The van der Waals surface area contributed by atoms with Gasteiger partial charge in [-0.25, -0.2) is 0 Å². The standard InChI is InChI=1S/C12H21NO3Si.H3N/c1-14-17(15-2,16-3)11-7-10-13-12-8-5-4-6-9-12;/h4-6,8-9,13H,7,10-11H2,1-3H3;1H3. The van der Waals surface area contributed by atoms with Crippen LogP contribution in [0.3, 0.4) is 0 Å². The van der Waals surface area contributed by atoms with Crippen molar-refractivity contribution in [3.63, 3.8) is 0 Å². The van der Waals surface area contributed by atoms with Crippen LogP contribution in [0.1, 0.15) is 6.42 Å². The van der Waals surface area contributed by atoms with Crippen LogP contribution in [-0.2, 0) is 13.3 Å². The van der Waals surface area contributed by atoms with Crippen molar-refractivity contribution in [2.45, 2.75) is 12.5 Å². The summed E-state index contributed by atoms with van der Waals surface area (Å²) in [7, 11) is 2.53. The van der Waals surface area contributed by atoms with Gasteiger partial charge in [-0.15, -0.1) is 0 Å². The smallest absolute Gasteiger partial charge is 0.385 e. The van der Waals surface area contributed by atoms with E-state index in [2.05, 4.69) is 5.32 Å². The van der Waals surface area contributed by atoms with Crippen molar-refractivity contribution in [3.05, 3.63) is 30.3 Å². The molecule has 1 aromatic carbocycles. The molecule has 1 aromatic rings. The second-order valence-electron chi connectivity index (χ2n) is 3.69. The molecule has 6 heteroatoms. The second-order valence-corrected chi connectivity index (χ2v) is 6.78. The molecule has 0 fully saturated rings. The summed E-state index contributed by atoms with van der Waals surface area (Å²) < 4.78 is 16.1. The summed E-state index contributed by atoms with van der Waals surface area (Å²) in [4.78, 5) is 0. The zero-order valence-electron chi connectivity index (χ0n) is 11.4. The zero-order valence-corrected chi connectivity index (χ0v) is 12.4. The lowest BCUT2D eigenvalue weighted by molar-refractivity contribution is 0.123. The largest absolute Gasteiger partial charge is 0.500 e. The van der Waals surface area contributed by atoms with E-state index in [4.69, 9.17) is 13.3 Å². The Morgan fingerprint density at radius 1 is 1.00 bits per heavy atom. The molecule has 0 atom stereocenters. The summed E-state index contributed by atoms with van der Waals surface area (Å²) in [6.07, 6.45) is 0.955. The lowest BCUT2D eigenvalue weighted by atomic mass is 10.3. The summed E-state index contributed by atoms with van der Waals surface area (Å²) in [6, 6.07) is 10.9. The van der Waals surface area contributed by atoms with Gasteiger partial charge in [-0.3, -0.25) is 0 Å². The minimum atomic E-state index is -2.40. The van der Waals surface area contributed by atoms with Gasteiger partial charge in [-0.05, 0) is 18.6 Å². The topological polar surface area (TPSA) is 74.7 Å². The van der Waals surface area contributed by atoms with E-state index in [1.165, 1.54) is 0 Å². The highest BCUT2D eigenvalue weighted by atomic mass is 28.4. The lowest BCUT2D eigenvalue weighted by Crippen LogP contribution is -2.42. The Bertz CT molecular complexity index is 299. The molecule has 0 heterocycles. The van der Waals surface area contributed by atoms with Gasteiger partial charge in [0.1, 0.15) is 0 Å². The molecule has 0 radical (unpaired) electrons. The Morgan fingerprint density at radius 3 is 2.06 bits per heavy atom. The predicted octanol–water partition coefficient (Wildman–Crippen LogP) is 2.53. The third kappa shape index (κ3) is 5.15. The molecule has 0 saturated heterocycles. The van der Waals surface area contributed by atoms with E-state index in [1.807, 2.05) is 30.3 Å². The highest BCUT2D eigenvalue weighted by Crippen LogP contribution is 2.15. The first-order chi connectivity index (χ1) is 8.26. The first kappa shape index (κ1) is 17.1. The number of benzene rings is 1. The van der Waals surface area contributed by atoms with Crippen LogP contribution in [0.25, 0.3) is 0 Å². The van der Waals surface area contributed by atoms with Crippen LogP contribution in [0.4, 0.5) is 5.69 Å². The van der Waals surface area contributed by atoms with Crippen LogP contribution in [0.2, 0.25) is 6.04 Å². The molecule has 5 nitrogen and oxygen atoms in total. The van der Waals surface area contributed by atoms with E-state index in [0.29, 0.717) is 0 Å². The van der Waals surface area contributed by atoms with E-state index in [1.54, 1.807) is 21.3 Å². The van der Waals surface area contributed by atoms with Gasteiger partial charge in [-0.1, -0.05) is 18.2 Å². The number of hydrogen-bond donors (Lipinski definition) is 2. The van der Waals surface area contributed by atoms with Crippen LogP contribution in [0.15, 0.2) is 30.3 Å². The number of para-hydroxylation sites is 1. The minimum absolute atomic E-state index is 0. The quantitative estimate of drug-likeness (QED) is 0.562. The Morgan fingerprint density at radius 2 is 1.56 bits per heavy atom. The van der Waals surface area contributed by atoms with Crippen LogP contribution in [0, 0.1) is 0 Å². The average molecular weight is 272 g/mol. The van der Waals surface area contributed by atoms with E-state index in [9.17, 15) is 0 Å². The molecule has 4 N–H and O–H groups in total. The van der Waals surface area contributed by atoms with Gasteiger partial charge in [0, 0.05) is 39.6 Å². The van der Waals surface area contributed by atoms with Gasteiger partial charge >= 0.3 is 8.80 Å².